The summed E-state index contributed by atoms with van der Waals surface area (Å²) in [6.45, 7) is 0. The normalized spacial score (nSPS) is 10.2. The van der Waals surface area contributed by atoms with Crippen LogP contribution in [0.5, 0.6) is 11.5 Å². The van der Waals surface area contributed by atoms with Crippen LogP contribution in [0.15, 0.2) is 24.5 Å². The molecule has 7 nitrogen and oxygen atoms in total. The molecule has 104 valence electrons. The van der Waals surface area contributed by atoms with Crippen molar-refractivity contribution in [2.24, 2.45) is 0 Å². The van der Waals surface area contributed by atoms with E-state index in [-0.39, 0.29) is 10.8 Å². The summed E-state index contributed by atoms with van der Waals surface area (Å²) in [5.74, 6) is 0.782. The van der Waals surface area contributed by atoms with Gasteiger partial charge in [-0.3, -0.25) is 10.1 Å². The van der Waals surface area contributed by atoms with Crippen molar-refractivity contribution in [1.29, 1.82) is 0 Å². The first-order valence-corrected chi connectivity index (χ1v) is 5.84. The Morgan fingerprint density at radius 2 is 1.80 bits per heavy atom. The minimum Gasteiger partial charge on any atom is -0.496 e. The summed E-state index contributed by atoms with van der Waals surface area (Å²) in [4.78, 5) is 18.1. The van der Waals surface area contributed by atoms with Crippen LogP contribution in [-0.2, 0) is 0 Å². The predicted molar refractivity (Wildman–Crippen MR) is 72.2 cm³/mol. The number of methoxy groups -OCH3 is 2. The number of benzene rings is 1. The Morgan fingerprint density at radius 1 is 1.20 bits per heavy atom. The highest BCUT2D eigenvalue weighted by Crippen LogP contribution is 2.42. The second-order valence-electron chi connectivity index (χ2n) is 3.66. The number of hydrogen-bond donors (Lipinski definition) is 0. The topological polar surface area (TPSA) is 87.4 Å². The lowest BCUT2D eigenvalue weighted by atomic mass is 10.1. The summed E-state index contributed by atoms with van der Waals surface area (Å²) in [5.41, 5.74) is 0.00904. The fraction of sp³-hybridized carbons (Fsp3) is 0.167. The molecule has 0 fully saturated rings. The molecule has 8 heteroatoms. The van der Waals surface area contributed by atoms with Crippen molar-refractivity contribution in [3.8, 4) is 22.8 Å². The maximum absolute atomic E-state index is 11.2. The molecule has 0 aliphatic rings. The van der Waals surface area contributed by atoms with Crippen molar-refractivity contribution >= 4 is 17.3 Å². The Bertz CT molecular complexity index is 641. The van der Waals surface area contributed by atoms with Gasteiger partial charge in [0.15, 0.2) is 5.69 Å². The van der Waals surface area contributed by atoms with Crippen LogP contribution in [0.2, 0.25) is 5.15 Å². The van der Waals surface area contributed by atoms with Gasteiger partial charge in [-0.15, -0.1) is 0 Å². The van der Waals surface area contributed by atoms with Gasteiger partial charge >= 0.3 is 5.69 Å². The lowest BCUT2D eigenvalue weighted by Crippen LogP contribution is -2.00. The van der Waals surface area contributed by atoms with Gasteiger partial charge in [0, 0.05) is 0 Å². The minimum atomic E-state index is -0.635. The van der Waals surface area contributed by atoms with Gasteiger partial charge in [0.05, 0.1) is 24.7 Å². The fourth-order valence-corrected chi connectivity index (χ4v) is 1.99. The van der Waals surface area contributed by atoms with Gasteiger partial charge in [0.2, 0.25) is 5.15 Å². The third-order valence-corrected chi connectivity index (χ3v) is 2.90. The standard InChI is InChI=1S/C12H10ClN3O4/c1-19-7-4-3-5-8(20-2)9(7)10-11(16(17)18)12(13)15-6-14-10/h3-6H,1-2H3. The molecule has 0 bridgehead atoms. The minimum absolute atomic E-state index is 0.0456. The van der Waals surface area contributed by atoms with E-state index in [9.17, 15) is 10.1 Å². The van der Waals surface area contributed by atoms with Gasteiger partial charge < -0.3 is 9.47 Å². The molecule has 0 aliphatic carbocycles. The first kappa shape index (κ1) is 14.0. The largest absolute Gasteiger partial charge is 0.496 e. The first-order valence-electron chi connectivity index (χ1n) is 5.46. The molecule has 0 amide bonds. The van der Waals surface area contributed by atoms with Crippen LogP contribution in [0.4, 0.5) is 5.69 Å². The summed E-state index contributed by atoms with van der Waals surface area (Å²) in [6.07, 6.45) is 1.15. The average Bonchev–Trinajstić information content (AvgIpc) is 2.45. The molecule has 20 heavy (non-hydrogen) atoms. The van der Waals surface area contributed by atoms with Crippen LogP contribution >= 0.6 is 11.6 Å². The lowest BCUT2D eigenvalue weighted by Gasteiger charge is -2.12. The molecule has 2 rings (SSSR count). The lowest BCUT2D eigenvalue weighted by molar-refractivity contribution is -0.384. The summed E-state index contributed by atoms with van der Waals surface area (Å²) < 4.78 is 10.4. The molecule has 1 aromatic heterocycles. The third kappa shape index (κ3) is 2.35. The molecule has 0 atom stereocenters. The zero-order chi connectivity index (χ0) is 14.7. The fourth-order valence-electron chi connectivity index (χ4n) is 1.79. The van der Waals surface area contributed by atoms with E-state index in [0.717, 1.165) is 6.33 Å². The number of halogens is 1. The number of nitrogens with zero attached hydrogens (tertiary/aromatic N) is 3. The van der Waals surface area contributed by atoms with E-state index >= 15 is 0 Å². The molecule has 0 radical (unpaired) electrons. The Labute approximate surface area is 119 Å². The Morgan fingerprint density at radius 3 is 2.30 bits per heavy atom. The molecular weight excluding hydrogens is 286 g/mol. The van der Waals surface area contributed by atoms with Crippen LogP contribution in [-0.4, -0.2) is 29.1 Å². The van der Waals surface area contributed by atoms with Gasteiger partial charge in [-0.05, 0) is 12.1 Å². The van der Waals surface area contributed by atoms with Gasteiger partial charge in [0.25, 0.3) is 0 Å². The number of aromatic nitrogens is 2. The first-order chi connectivity index (χ1) is 9.60. The number of ether oxygens (including phenoxy) is 2. The van der Waals surface area contributed by atoms with Crippen molar-refractivity contribution < 1.29 is 14.4 Å². The van der Waals surface area contributed by atoms with E-state index in [4.69, 9.17) is 21.1 Å². The van der Waals surface area contributed by atoms with Crippen LogP contribution in [0.25, 0.3) is 11.3 Å². The SMILES string of the molecule is COc1cccc(OC)c1-c1ncnc(Cl)c1[N+](=O)[O-]. The molecule has 0 saturated carbocycles. The van der Waals surface area contributed by atoms with Crippen molar-refractivity contribution in [2.45, 2.75) is 0 Å². The van der Waals surface area contributed by atoms with Gasteiger partial charge in [-0.25, -0.2) is 9.97 Å². The Kier molecular flexibility index (Phi) is 3.99. The maximum atomic E-state index is 11.2. The molecule has 0 saturated heterocycles. The van der Waals surface area contributed by atoms with Crippen LogP contribution in [0, 0.1) is 10.1 Å². The van der Waals surface area contributed by atoms with Gasteiger partial charge in [-0.2, -0.15) is 0 Å². The smallest absolute Gasteiger partial charge is 0.332 e. The molecule has 0 N–H and O–H groups in total. The van der Waals surface area contributed by atoms with Crippen LogP contribution in [0.3, 0.4) is 0 Å². The van der Waals surface area contributed by atoms with E-state index in [2.05, 4.69) is 9.97 Å². The Hall–Kier alpha value is -2.41. The summed E-state index contributed by atoms with van der Waals surface area (Å²) >= 11 is 5.79. The van der Waals surface area contributed by atoms with Crippen LogP contribution in [0.1, 0.15) is 0 Å². The van der Waals surface area contributed by atoms with Crippen molar-refractivity contribution in [3.63, 3.8) is 0 Å². The van der Waals surface area contributed by atoms with Crippen molar-refractivity contribution in [2.75, 3.05) is 14.2 Å². The predicted octanol–water partition coefficient (Wildman–Crippen LogP) is 2.72. The van der Waals surface area contributed by atoms with Gasteiger partial charge in [-0.1, -0.05) is 17.7 Å². The maximum Gasteiger partial charge on any atom is 0.332 e. The number of hydrogen-bond acceptors (Lipinski definition) is 6. The summed E-state index contributed by atoms with van der Waals surface area (Å²) in [7, 11) is 2.90. The molecule has 2 aromatic rings. The zero-order valence-corrected chi connectivity index (χ0v) is 11.4. The monoisotopic (exact) mass is 295 g/mol. The number of rotatable bonds is 4. The molecule has 1 heterocycles. The second kappa shape index (κ2) is 5.70. The van der Waals surface area contributed by atoms with E-state index in [1.54, 1.807) is 18.2 Å². The quantitative estimate of drug-likeness (QED) is 0.489. The molecule has 0 spiro atoms. The third-order valence-electron chi connectivity index (χ3n) is 2.62. The molecule has 0 unspecified atom stereocenters. The van der Waals surface area contributed by atoms with E-state index in [0.29, 0.717) is 17.1 Å². The summed E-state index contributed by atoms with van der Waals surface area (Å²) in [6, 6.07) is 5.00. The van der Waals surface area contributed by atoms with Crippen molar-refractivity contribution in [3.05, 3.63) is 39.8 Å². The number of nitro groups is 1. The van der Waals surface area contributed by atoms with E-state index < -0.39 is 10.6 Å². The average molecular weight is 296 g/mol. The second-order valence-corrected chi connectivity index (χ2v) is 4.01. The van der Waals surface area contributed by atoms with E-state index in [1.165, 1.54) is 14.2 Å². The molecular formula is C12H10ClN3O4. The molecule has 1 aromatic carbocycles. The Balaban J connectivity index is 2.81. The highest BCUT2D eigenvalue weighted by Gasteiger charge is 2.27. The molecule has 0 aliphatic heterocycles. The van der Waals surface area contributed by atoms with Gasteiger partial charge in [0.1, 0.15) is 17.8 Å². The van der Waals surface area contributed by atoms with Crippen LogP contribution < -0.4 is 9.47 Å². The highest BCUT2D eigenvalue weighted by molar-refractivity contribution is 6.32. The van der Waals surface area contributed by atoms with Crippen molar-refractivity contribution in [1.82, 2.24) is 9.97 Å². The van der Waals surface area contributed by atoms with E-state index in [1.807, 2.05) is 0 Å². The zero-order valence-electron chi connectivity index (χ0n) is 10.7. The summed E-state index contributed by atoms with van der Waals surface area (Å²) in [5, 5.41) is 10.9. The highest BCUT2D eigenvalue weighted by atomic mass is 35.5.